The molecule has 0 unspecified atom stereocenters. The van der Waals surface area contributed by atoms with E-state index in [1.807, 2.05) is 0 Å². The van der Waals surface area contributed by atoms with Crippen LogP contribution in [0, 0.1) is 6.92 Å². The maximum Gasteiger partial charge on any atom is 0.341 e. The Morgan fingerprint density at radius 1 is 1.48 bits per heavy atom. The highest BCUT2D eigenvalue weighted by Gasteiger charge is 2.18. The lowest BCUT2D eigenvalue weighted by Gasteiger charge is -2.00. The van der Waals surface area contributed by atoms with Gasteiger partial charge in [-0.05, 0) is 25.1 Å². The molecule has 0 aliphatic heterocycles. The molecule has 0 fully saturated rings. The molecule has 0 aliphatic rings. The average molecular weight is 334 g/mol. The van der Waals surface area contributed by atoms with Gasteiger partial charge < -0.3 is 19.4 Å². The number of furan rings is 2. The Balaban J connectivity index is 1.73. The first-order valence-electron chi connectivity index (χ1n) is 6.65. The zero-order valence-corrected chi connectivity index (χ0v) is 13.3. The van der Waals surface area contributed by atoms with Crippen LogP contribution < -0.4 is 5.84 Å². The quantitative estimate of drug-likeness (QED) is 0.430. The van der Waals surface area contributed by atoms with Gasteiger partial charge in [0.25, 0.3) is 0 Å². The molecule has 23 heavy (non-hydrogen) atoms. The van der Waals surface area contributed by atoms with Crippen LogP contribution in [0.5, 0.6) is 0 Å². The summed E-state index contributed by atoms with van der Waals surface area (Å²) in [4.78, 5) is 11.6. The predicted octanol–water partition coefficient (Wildman–Crippen LogP) is 2.23. The Bertz CT molecular complexity index is 822. The van der Waals surface area contributed by atoms with Crippen LogP contribution in [0.15, 0.2) is 38.5 Å². The van der Waals surface area contributed by atoms with Crippen molar-refractivity contribution in [3.63, 3.8) is 0 Å². The summed E-state index contributed by atoms with van der Waals surface area (Å²) in [5.74, 6) is 8.10. The lowest BCUT2D eigenvalue weighted by molar-refractivity contribution is 0.0599. The number of nitrogen functional groups attached to an aromatic ring is 1. The number of nitrogens with zero attached hydrogens (tertiary/aromatic N) is 3. The molecule has 0 saturated heterocycles. The molecule has 2 N–H and O–H groups in total. The van der Waals surface area contributed by atoms with Gasteiger partial charge in [-0.25, -0.2) is 9.47 Å². The maximum atomic E-state index is 11.6. The summed E-state index contributed by atoms with van der Waals surface area (Å²) in [6.07, 6.45) is 1.54. The second kappa shape index (κ2) is 6.21. The summed E-state index contributed by atoms with van der Waals surface area (Å²) in [7, 11) is 1.33. The molecule has 0 saturated carbocycles. The van der Waals surface area contributed by atoms with E-state index >= 15 is 0 Å². The second-order valence-electron chi connectivity index (χ2n) is 4.62. The number of ether oxygens (including phenoxy) is 1. The average Bonchev–Trinajstić information content (AvgIpc) is 3.25. The number of aromatic nitrogens is 3. The number of nitrogens with two attached hydrogens (primary N) is 1. The molecule has 9 heteroatoms. The number of hydrogen-bond donors (Lipinski definition) is 1. The molecule has 0 atom stereocenters. The number of methoxy groups -OCH3 is 1. The highest BCUT2D eigenvalue weighted by atomic mass is 32.2. The van der Waals surface area contributed by atoms with Crippen LogP contribution in [0.3, 0.4) is 0 Å². The number of carbonyl (C=O) groups is 1. The van der Waals surface area contributed by atoms with Gasteiger partial charge in [-0.15, -0.1) is 10.2 Å². The van der Waals surface area contributed by atoms with Gasteiger partial charge in [0.2, 0.25) is 11.0 Å². The molecule has 0 amide bonds. The molecule has 3 aromatic heterocycles. The van der Waals surface area contributed by atoms with Gasteiger partial charge in [0.05, 0.1) is 19.1 Å². The van der Waals surface area contributed by atoms with E-state index in [9.17, 15) is 4.79 Å². The molecule has 0 spiro atoms. The fourth-order valence-corrected chi connectivity index (χ4v) is 2.75. The van der Waals surface area contributed by atoms with Crippen LogP contribution in [0.4, 0.5) is 0 Å². The van der Waals surface area contributed by atoms with Crippen LogP contribution in [-0.2, 0) is 10.5 Å². The van der Waals surface area contributed by atoms with Crippen LogP contribution in [-0.4, -0.2) is 28.0 Å². The van der Waals surface area contributed by atoms with E-state index in [0.29, 0.717) is 39.6 Å². The third kappa shape index (κ3) is 2.95. The Morgan fingerprint density at radius 3 is 3.00 bits per heavy atom. The maximum absolute atomic E-state index is 11.6. The van der Waals surface area contributed by atoms with Crippen LogP contribution in [0.25, 0.3) is 11.6 Å². The summed E-state index contributed by atoms with van der Waals surface area (Å²) >= 11 is 1.34. The molecule has 0 radical (unpaired) electrons. The van der Waals surface area contributed by atoms with E-state index in [2.05, 4.69) is 10.2 Å². The number of thioether (sulfide) groups is 1. The van der Waals surface area contributed by atoms with Crippen molar-refractivity contribution in [2.24, 2.45) is 0 Å². The summed E-state index contributed by atoms with van der Waals surface area (Å²) in [5, 5.41) is 8.53. The van der Waals surface area contributed by atoms with E-state index in [4.69, 9.17) is 19.4 Å². The minimum absolute atomic E-state index is 0.411. The minimum atomic E-state index is -0.426. The van der Waals surface area contributed by atoms with Gasteiger partial charge in [0, 0.05) is 0 Å². The lowest BCUT2D eigenvalue weighted by atomic mass is 10.2. The monoisotopic (exact) mass is 334 g/mol. The fraction of sp³-hybridized carbons (Fsp3) is 0.214. The topological polar surface area (TPSA) is 109 Å². The van der Waals surface area contributed by atoms with Crippen molar-refractivity contribution in [1.29, 1.82) is 0 Å². The highest BCUT2D eigenvalue weighted by molar-refractivity contribution is 7.98. The summed E-state index contributed by atoms with van der Waals surface area (Å²) in [6.45, 7) is 1.71. The third-order valence-electron chi connectivity index (χ3n) is 3.12. The number of hydrogen-bond acceptors (Lipinski definition) is 8. The number of esters is 1. The minimum Gasteiger partial charge on any atom is -0.465 e. The first-order valence-corrected chi connectivity index (χ1v) is 7.63. The van der Waals surface area contributed by atoms with Crippen molar-refractivity contribution in [2.45, 2.75) is 17.8 Å². The smallest absolute Gasteiger partial charge is 0.341 e. The van der Waals surface area contributed by atoms with Crippen LogP contribution >= 0.6 is 11.8 Å². The van der Waals surface area contributed by atoms with Crippen molar-refractivity contribution in [3.8, 4) is 11.6 Å². The zero-order valence-electron chi connectivity index (χ0n) is 12.5. The number of aryl methyl sites for hydroxylation is 1. The standard InChI is InChI=1S/C14H14N4O4S/c1-8-10(13(19)20-2)6-9(22-8)7-23-14-17-16-12(18(14)15)11-4-3-5-21-11/h3-6H,7,15H2,1-2H3. The molecular formula is C14H14N4O4S. The van der Waals surface area contributed by atoms with Crippen molar-refractivity contribution in [2.75, 3.05) is 13.0 Å². The second-order valence-corrected chi connectivity index (χ2v) is 5.56. The first kappa shape index (κ1) is 15.2. The lowest BCUT2D eigenvalue weighted by Crippen LogP contribution is -2.11. The van der Waals surface area contributed by atoms with Crippen molar-refractivity contribution < 1.29 is 18.4 Å². The molecule has 3 heterocycles. The molecular weight excluding hydrogens is 320 g/mol. The number of carbonyl (C=O) groups excluding carboxylic acids is 1. The Morgan fingerprint density at radius 2 is 2.30 bits per heavy atom. The van der Waals surface area contributed by atoms with E-state index in [-0.39, 0.29) is 0 Å². The van der Waals surface area contributed by atoms with Gasteiger partial charge in [0.15, 0.2) is 5.76 Å². The van der Waals surface area contributed by atoms with E-state index < -0.39 is 5.97 Å². The van der Waals surface area contributed by atoms with Crippen molar-refractivity contribution in [1.82, 2.24) is 14.9 Å². The zero-order chi connectivity index (χ0) is 16.4. The van der Waals surface area contributed by atoms with Gasteiger partial charge >= 0.3 is 5.97 Å². The molecule has 3 rings (SSSR count). The largest absolute Gasteiger partial charge is 0.465 e. The Kier molecular flexibility index (Phi) is 4.11. The Hall–Kier alpha value is -2.68. The van der Waals surface area contributed by atoms with E-state index in [0.717, 1.165) is 0 Å². The Labute approximate surface area is 135 Å². The third-order valence-corrected chi connectivity index (χ3v) is 4.09. The van der Waals surface area contributed by atoms with E-state index in [1.165, 1.54) is 29.8 Å². The van der Waals surface area contributed by atoms with Crippen LogP contribution in [0.1, 0.15) is 21.9 Å². The first-order chi connectivity index (χ1) is 11.1. The van der Waals surface area contributed by atoms with E-state index in [1.54, 1.807) is 25.1 Å². The molecule has 8 nitrogen and oxygen atoms in total. The fourth-order valence-electron chi connectivity index (χ4n) is 2.01. The number of rotatable bonds is 5. The molecule has 0 aromatic carbocycles. The van der Waals surface area contributed by atoms with Gasteiger partial charge in [0.1, 0.15) is 17.1 Å². The SMILES string of the molecule is COC(=O)c1cc(CSc2nnc(-c3ccco3)n2N)oc1C. The van der Waals surface area contributed by atoms with Crippen molar-refractivity contribution in [3.05, 3.63) is 41.5 Å². The highest BCUT2D eigenvalue weighted by Crippen LogP contribution is 2.26. The van der Waals surface area contributed by atoms with Crippen molar-refractivity contribution >= 4 is 17.7 Å². The normalized spacial score (nSPS) is 10.9. The molecule has 120 valence electrons. The molecule has 0 bridgehead atoms. The predicted molar refractivity (Wildman–Crippen MR) is 82.2 cm³/mol. The van der Waals surface area contributed by atoms with Gasteiger partial charge in [-0.1, -0.05) is 11.8 Å². The molecule has 3 aromatic rings. The summed E-state index contributed by atoms with van der Waals surface area (Å²) in [6, 6.07) is 5.15. The summed E-state index contributed by atoms with van der Waals surface area (Å²) < 4.78 is 16.8. The van der Waals surface area contributed by atoms with Gasteiger partial charge in [-0.3, -0.25) is 0 Å². The van der Waals surface area contributed by atoms with Gasteiger partial charge in [-0.2, -0.15) is 0 Å². The van der Waals surface area contributed by atoms with Crippen LogP contribution in [0.2, 0.25) is 0 Å². The molecule has 0 aliphatic carbocycles. The summed E-state index contributed by atoms with van der Waals surface area (Å²) in [5.41, 5.74) is 0.411.